The summed E-state index contributed by atoms with van der Waals surface area (Å²) in [4.78, 5) is 0. The Morgan fingerprint density at radius 2 is 2.07 bits per heavy atom. The Labute approximate surface area is 85.0 Å². The van der Waals surface area contributed by atoms with Crippen LogP contribution in [0.5, 0.6) is 0 Å². The van der Waals surface area contributed by atoms with Crippen LogP contribution < -0.4 is 0 Å². The van der Waals surface area contributed by atoms with Crippen molar-refractivity contribution in [1.29, 1.82) is 0 Å². The summed E-state index contributed by atoms with van der Waals surface area (Å²) in [6.45, 7) is 6.59. The molecular weight excluding hydrogens is 179 g/mol. The molecule has 0 radical (unpaired) electrons. The largest absolute Gasteiger partial charge is 0.707 e. The van der Waals surface area contributed by atoms with Gasteiger partial charge in [-0.05, 0) is 30.3 Å². The fraction of sp³-hybridized carbons (Fsp3) is 0.800. The van der Waals surface area contributed by atoms with Gasteiger partial charge in [0.2, 0.25) is 0 Å². The van der Waals surface area contributed by atoms with Gasteiger partial charge in [0, 0.05) is 5.41 Å². The molecule has 2 N–H and O–H groups in total. The second-order valence-corrected chi connectivity index (χ2v) is 5.17. The van der Waals surface area contributed by atoms with E-state index in [0.29, 0.717) is 5.92 Å². The van der Waals surface area contributed by atoms with Gasteiger partial charge >= 0.3 is 7.32 Å². The Hall–Kier alpha value is -0.475. The van der Waals surface area contributed by atoms with E-state index < -0.39 is 7.32 Å². The van der Waals surface area contributed by atoms with E-state index in [1.54, 1.807) is 0 Å². The van der Waals surface area contributed by atoms with Gasteiger partial charge in [0.1, 0.15) is 0 Å². The maximum atomic E-state index is 8.82. The Morgan fingerprint density at radius 1 is 1.43 bits per heavy atom. The van der Waals surface area contributed by atoms with Crippen LogP contribution in [0.1, 0.15) is 33.6 Å². The molecule has 4 heteroatoms. The van der Waals surface area contributed by atoms with E-state index >= 15 is 0 Å². The third-order valence-electron chi connectivity index (χ3n) is 4.43. The maximum absolute atomic E-state index is 8.82. The van der Waals surface area contributed by atoms with Crippen molar-refractivity contribution in [2.75, 3.05) is 0 Å². The standard InChI is InChI=1S/C10H17BO3/c1-9(2)7-4-5-10(9,3)8(6-7)14-11(12)13/h6-7,12-13H,4-5H2,1-3H3/t7-,10-/m1/s1. The first-order valence-corrected chi connectivity index (χ1v) is 5.13. The SMILES string of the molecule is CC1(C)[C@H]2C=C(OB(O)O)[C@@]1(C)CC2. The monoisotopic (exact) mass is 196 g/mol. The molecule has 0 aromatic heterocycles. The molecule has 0 unspecified atom stereocenters. The molecule has 0 aromatic carbocycles. The first-order valence-electron chi connectivity index (χ1n) is 5.13. The minimum atomic E-state index is -1.69. The highest BCUT2D eigenvalue weighted by Gasteiger charge is 2.58. The van der Waals surface area contributed by atoms with Gasteiger partial charge in [-0.2, -0.15) is 0 Å². The minimum absolute atomic E-state index is 0.0264. The first kappa shape index (κ1) is 10.1. The van der Waals surface area contributed by atoms with Crippen molar-refractivity contribution in [3.63, 3.8) is 0 Å². The minimum Gasteiger partial charge on any atom is -0.515 e. The molecule has 1 fully saturated rings. The zero-order chi connectivity index (χ0) is 10.6. The Balaban J connectivity index is 2.27. The number of fused-ring (bicyclic) bond motifs is 2. The van der Waals surface area contributed by atoms with Crippen LogP contribution in [-0.4, -0.2) is 17.4 Å². The second-order valence-electron chi connectivity index (χ2n) is 5.17. The van der Waals surface area contributed by atoms with Crippen molar-refractivity contribution in [1.82, 2.24) is 0 Å². The Morgan fingerprint density at radius 3 is 2.43 bits per heavy atom. The van der Waals surface area contributed by atoms with Gasteiger partial charge in [-0.15, -0.1) is 0 Å². The molecule has 2 aliphatic carbocycles. The summed E-state index contributed by atoms with van der Waals surface area (Å²) < 4.78 is 5.06. The van der Waals surface area contributed by atoms with Crippen molar-refractivity contribution in [2.45, 2.75) is 33.6 Å². The average molecular weight is 196 g/mol. The lowest BCUT2D eigenvalue weighted by molar-refractivity contribution is 0.108. The third kappa shape index (κ3) is 1.07. The molecule has 1 saturated carbocycles. The Kier molecular flexibility index (Phi) is 1.99. The molecule has 3 nitrogen and oxygen atoms in total. The molecule has 2 bridgehead atoms. The highest BCUT2D eigenvalue weighted by Crippen LogP contribution is 2.65. The number of hydrogen-bond acceptors (Lipinski definition) is 3. The van der Waals surface area contributed by atoms with Crippen LogP contribution >= 0.6 is 0 Å². The average Bonchev–Trinajstić information content (AvgIpc) is 2.35. The van der Waals surface area contributed by atoms with Crippen molar-refractivity contribution in [2.24, 2.45) is 16.7 Å². The van der Waals surface area contributed by atoms with E-state index in [2.05, 4.69) is 26.8 Å². The lowest BCUT2D eigenvalue weighted by atomic mass is 9.69. The van der Waals surface area contributed by atoms with E-state index in [-0.39, 0.29) is 10.8 Å². The first-order chi connectivity index (χ1) is 6.38. The zero-order valence-corrected chi connectivity index (χ0v) is 8.95. The molecule has 0 spiro atoms. The van der Waals surface area contributed by atoms with Gasteiger partial charge in [-0.3, -0.25) is 0 Å². The zero-order valence-electron chi connectivity index (χ0n) is 8.95. The third-order valence-corrected chi connectivity index (χ3v) is 4.43. The second kappa shape index (κ2) is 2.77. The highest BCUT2D eigenvalue weighted by atomic mass is 16.6. The molecule has 78 valence electrons. The molecule has 0 heterocycles. The number of rotatable bonds is 2. The summed E-state index contributed by atoms with van der Waals surface area (Å²) in [6.07, 6.45) is 4.31. The van der Waals surface area contributed by atoms with E-state index in [4.69, 9.17) is 14.7 Å². The molecule has 2 aliphatic rings. The fourth-order valence-electron chi connectivity index (χ4n) is 2.92. The van der Waals surface area contributed by atoms with Gasteiger partial charge in [-0.1, -0.05) is 20.8 Å². The van der Waals surface area contributed by atoms with Gasteiger partial charge in [0.15, 0.2) is 0 Å². The van der Waals surface area contributed by atoms with E-state index in [0.717, 1.165) is 12.2 Å². The predicted octanol–water partition coefficient (Wildman–Crippen LogP) is 1.31. The lowest BCUT2D eigenvalue weighted by Crippen LogP contribution is -2.33. The maximum Gasteiger partial charge on any atom is 0.707 e. The molecule has 0 aliphatic heterocycles. The summed E-state index contributed by atoms with van der Waals surface area (Å²) in [5.41, 5.74) is 0.151. The molecule has 0 saturated heterocycles. The summed E-state index contributed by atoms with van der Waals surface area (Å²) in [6, 6.07) is 0. The number of hydrogen-bond donors (Lipinski definition) is 2. The summed E-state index contributed by atoms with van der Waals surface area (Å²) in [5.74, 6) is 1.27. The van der Waals surface area contributed by atoms with Gasteiger partial charge in [-0.25, -0.2) is 0 Å². The normalized spacial score (nSPS) is 38.4. The van der Waals surface area contributed by atoms with Gasteiger partial charge < -0.3 is 14.7 Å². The van der Waals surface area contributed by atoms with Crippen LogP contribution in [0.3, 0.4) is 0 Å². The van der Waals surface area contributed by atoms with E-state index in [9.17, 15) is 0 Å². The molecular formula is C10H17BO3. The van der Waals surface area contributed by atoms with Crippen LogP contribution in [0.25, 0.3) is 0 Å². The molecule has 0 amide bonds. The molecule has 0 aromatic rings. The quantitative estimate of drug-likeness (QED) is 0.654. The van der Waals surface area contributed by atoms with Gasteiger partial charge in [0.05, 0.1) is 5.76 Å². The van der Waals surface area contributed by atoms with Gasteiger partial charge in [0.25, 0.3) is 0 Å². The van der Waals surface area contributed by atoms with Crippen LogP contribution in [0.4, 0.5) is 0 Å². The summed E-state index contributed by atoms with van der Waals surface area (Å²) in [5, 5.41) is 17.6. The van der Waals surface area contributed by atoms with Crippen LogP contribution in [0.15, 0.2) is 11.8 Å². The Bertz CT molecular complexity index is 285. The van der Waals surface area contributed by atoms with Crippen LogP contribution in [0.2, 0.25) is 0 Å². The van der Waals surface area contributed by atoms with Crippen LogP contribution in [0, 0.1) is 16.7 Å². The smallest absolute Gasteiger partial charge is 0.515 e. The summed E-state index contributed by atoms with van der Waals surface area (Å²) in [7, 11) is -1.69. The topological polar surface area (TPSA) is 49.7 Å². The summed E-state index contributed by atoms with van der Waals surface area (Å²) >= 11 is 0. The fourth-order valence-corrected chi connectivity index (χ4v) is 2.92. The van der Waals surface area contributed by atoms with Crippen molar-refractivity contribution >= 4 is 7.32 Å². The lowest BCUT2D eigenvalue weighted by Gasteiger charge is -2.36. The highest BCUT2D eigenvalue weighted by molar-refractivity contribution is 6.33. The molecule has 2 atom stereocenters. The number of allylic oxidation sites excluding steroid dienone is 2. The predicted molar refractivity (Wildman–Crippen MR) is 54.0 cm³/mol. The van der Waals surface area contributed by atoms with E-state index in [1.165, 1.54) is 6.42 Å². The van der Waals surface area contributed by atoms with Crippen molar-refractivity contribution < 1.29 is 14.7 Å². The van der Waals surface area contributed by atoms with Crippen molar-refractivity contribution in [3.05, 3.63) is 11.8 Å². The molecule has 2 rings (SSSR count). The van der Waals surface area contributed by atoms with Crippen LogP contribution in [-0.2, 0) is 4.65 Å². The van der Waals surface area contributed by atoms with Crippen molar-refractivity contribution in [3.8, 4) is 0 Å². The molecule has 14 heavy (non-hydrogen) atoms. The van der Waals surface area contributed by atoms with E-state index in [1.807, 2.05) is 0 Å².